The van der Waals surface area contributed by atoms with Crippen molar-refractivity contribution in [2.45, 2.75) is 58.3 Å². The molecular weight excluding hydrogens is 588 g/mol. The van der Waals surface area contributed by atoms with Crippen LogP contribution in [-0.4, -0.2) is 99.6 Å². The number of urea groups is 1. The molecule has 13 heteroatoms. The molecule has 1 heterocycles. The highest BCUT2D eigenvalue weighted by Crippen LogP contribution is 2.29. The molecule has 4 atom stereocenters. The summed E-state index contributed by atoms with van der Waals surface area (Å²) in [7, 11) is -0.382. The fourth-order valence-corrected chi connectivity index (χ4v) is 5.24. The molecule has 244 valence electrons. The molecule has 0 fully saturated rings. The number of anilines is 2. The monoisotopic (exact) mass is 634 g/mol. The van der Waals surface area contributed by atoms with Gasteiger partial charge in [-0.15, -0.1) is 0 Å². The molecule has 3 amide bonds. The van der Waals surface area contributed by atoms with Crippen molar-refractivity contribution in [2.24, 2.45) is 5.92 Å². The normalized spacial score (nSPS) is 21.0. The lowest BCUT2D eigenvalue weighted by molar-refractivity contribution is -0.00828. The van der Waals surface area contributed by atoms with Crippen molar-refractivity contribution in [1.82, 2.24) is 9.21 Å². The van der Waals surface area contributed by atoms with Crippen LogP contribution in [0.5, 0.6) is 11.5 Å². The maximum Gasteiger partial charge on any atom is 0.323 e. The van der Waals surface area contributed by atoms with Gasteiger partial charge in [-0.3, -0.25) is 4.79 Å². The first-order valence-electron chi connectivity index (χ1n) is 14.8. The Bertz CT molecular complexity index is 1350. The Kier molecular flexibility index (Phi) is 12.8. The second-order valence-electron chi connectivity index (χ2n) is 11.4. The lowest BCUT2D eigenvalue weighted by atomic mass is 10.0. The maximum absolute atomic E-state index is 14.2. The van der Waals surface area contributed by atoms with E-state index in [4.69, 9.17) is 14.2 Å². The van der Waals surface area contributed by atoms with E-state index in [0.29, 0.717) is 35.9 Å². The number of ether oxygens (including phenoxy) is 3. The van der Waals surface area contributed by atoms with Crippen molar-refractivity contribution in [3.05, 3.63) is 48.0 Å². The van der Waals surface area contributed by atoms with Gasteiger partial charge < -0.3 is 34.9 Å². The molecule has 0 unspecified atom stereocenters. The third-order valence-corrected chi connectivity index (χ3v) is 8.94. The minimum absolute atomic E-state index is 0.128. The predicted molar refractivity (Wildman–Crippen MR) is 170 cm³/mol. The standard InChI is InChI=1S/C31H46N4O8S/c1-21-18-35(22(2)20-36)30(37)27-17-25(33-31(38)32-24-10-13-26(41-5)14-11-24)12-15-28(27)43-23(3)9-7-8-16-42-29(21)19-34(4)44(6,39)40/h10-15,17,21-23,29,36H,7-9,16,18-20H2,1-6H3,(H2,32,33,38)/t21-,22+,23-,29+/m0/s1. The highest BCUT2D eigenvalue weighted by molar-refractivity contribution is 7.88. The number of aliphatic hydroxyl groups is 1. The summed E-state index contributed by atoms with van der Waals surface area (Å²) in [6, 6.07) is 10.7. The minimum atomic E-state index is -3.45. The minimum Gasteiger partial charge on any atom is -0.497 e. The Morgan fingerprint density at radius 2 is 1.80 bits per heavy atom. The Morgan fingerprint density at radius 1 is 1.14 bits per heavy atom. The number of carbonyl (C=O) groups is 2. The number of sulfonamides is 1. The van der Waals surface area contributed by atoms with Crippen molar-refractivity contribution >= 4 is 33.3 Å². The smallest absolute Gasteiger partial charge is 0.323 e. The Labute approximate surface area is 260 Å². The van der Waals surface area contributed by atoms with E-state index >= 15 is 0 Å². The quantitative estimate of drug-likeness (QED) is 0.395. The molecule has 3 rings (SSSR count). The van der Waals surface area contributed by atoms with Crippen LogP contribution >= 0.6 is 0 Å². The molecule has 0 spiro atoms. The number of rotatable bonds is 8. The summed E-state index contributed by atoms with van der Waals surface area (Å²) in [6.07, 6.45) is 2.73. The van der Waals surface area contributed by atoms with Gasteiger partial charge in [0.1, 0.15) is 11.5 Å². The Morgan fingerprint density at radius 3 is 2.43 bits per heavy atom. The summed E-state index contributed by atoms with van der Waals surface area (Å²) in [5.74, 6) is 0.353. The van der Waals surface area contributed by atoms with Crippen molar-refractivity contribution in [1.29, 1.82) is 0 Å². The molecule has 3 N–H and O–H groups in total. The molecule has 44 heavy (non-hydrogen) atoms. The average Bonchev–Trinajstić information content (AvgIpc) is 2.98. The van der Waals surface area contributed by atoms with Gasteiger partial charge in [-0.05, 0) is 75.6 Å². The lowest BCUT2D eigenvalue weighted by Crippen LogP contribution is -2.47. The van der Waals surface area contributed by atoms with Gasteiger partial charge in [-0.1, -0.05) is 6.92 Å². The topological polar surface area (TPSA) is 147 Å². The molecule has 0 saturated heterocycles. The van der Waals surface area contributed by atoms with E-state index in [-0.39, 0.29) is 37.3 Å². The van der Waals surface area contributed by atoms with Crippen molar-refractivity contribution in [3.8, 4) is 11.5 Å². The molecule has 0 radical (unpaired) electrons. The van der Waals surface area contributed by atoms with E-state index in [9.17, 15) is 23.1 Å². The van der Waals surface area contributed by atoms with Gasteiger partial charge in [-0.25, -0.2) is 17.5 Å². The number of amides is 3. The van der Waals surface area contributed by atoms with Gasteiger partial charge in [0.05, 0.1) is 43.8 Å². The van der Waals surface area contributed by atoms with Gasteiger partial charge >= 0.3 is 6.03 Å². The maximum atomic E-state index is 14.2. The summed E-state index contributed by atoms with van der Waals surface area (Å²) in [5, 5.41) is 15.6. The van der Waals surface area contributed by atoms with Crippen LogP contribution in [0.4, 0.5) is 16.2 Å². The third-order valence-electron chi connectivity index (χ3n) is 7.66. The van der Waals surface area contributed by atoms with Crippen LogP contribution in [0.25, 0.3) is 0 Å². The number of nitrogens with one attached hydrogen (secondary N) is 2. The fraction of sp³-hybridized carbons (Fsp3) is 0.548. The summed E-state index contributed by atoms with van der Waals surface area (Å²) in [6.45, 7) is 6.03. The number of hydrogen-bond acceptors (Lipinski definition) is 8. The zero-order valence-corrected chi connectivity index (χ0v) is 27.2. The summed E-state index contributed by atoms with van der Waals surface area (Å²) in [5.41, 5.74) is 1.17. The zero-order valence-electron chi connectivity index (χ0n) is 26.4. The Balaban J connectivity index is 1.93. The first-order valence-corrected chi connectivity index (χ1v) is 16.6. The van der Waals surface area contributed by atoms with Crippen LogP contribution in [-0.2, 0) is 14.8 Å². The van der Waals surface area contributed by atoms with Crippen LogP contribution < -0.4 is 20.1 Å². The zero-order chi connectivity index (χ0) is 32.4. The first kappa shape index (κ1) is 35.1. The largest absolute Gasteiger partial charge is 0.497 e. The SMILES string of the molecule is COc1ccc(NC(=O)Nc2ccc3c(c2)C(=O)N([C@H](C)CO)C[C@H](C)[C@@H](CN(C)S(C)(=O)=O)OCCCC[C@H](C)O3)cc1. The molecule has 1 aliphatic heterocycles. The number of aliphatic hydroxyl groups excluding tert-OH is 1. The van der Waals surface area contributed by atoms with Crippen LogP contribution in [0.2, 0.25) is 0 Å². The summed E-state index contributed by atoms with van der Waals surface area (Å²) >= 11 is 0. The molecule has 0 aromatic heterocycles. The second-order valence-corrected chi connectivity index (χ2v) is 13.5. The molecule has 0 aliphatic carbocycles. The third kappa shape index (κ3) is 10.1. The number of likely N-dealkylation sites (N-methyl/N-ethyl adjacent to an activating group) is 1. The number of hydrogen-bond donors (Lipinski definition) is 3. The number of methoxy groups -OCH3 is 1. The van der Waals surface area contributed by atoms with Crippen molar-refractivity contribution in [3.63, 3.8) is 0 Å². The van der Waals surface area contributed by atoms with Crippen LogP contribution in [0, 0.1) is 5.92 Å². The summed E-state index contributed by atoms with van der Waals surface area (Å²) < 4.78 is 43.2. The number of fused-ring (bicyclic) bond motifs is 1. The molecular formula is C31H46N4O8S. The van der Waals surface area contributed by atoms with E-state index < -0.39 is 34.1 Å². The van der Waals surface area contributed by atoms with Crippen molar-refractivity contribution < 1.29 is 37.3 Å². The summed E-state index contributed by atoms with van der Waals surface area (Å²) in [4.78, 5) is 28.5. The molecule has 0 saturated carbocycles. The van der Waals surface area contributed by atoms with Crippen molar-refractivity contribution in [2.75, 3.05) is 57.4 Å². The highest BCUT2D eigenvalue weighted by Gasteiger charge is 2.31. The van der Waals surface area contributed by atoms with Crippen LogP contribution in [0.1, 0.15) is 50.4 Å². The van der Waals surface area contributed by atoms with Gasteiger partial charge in [0, 0.05) is 44.0 Å². The van der Waals surface area contributed by atoms with E-state index in [1.807, 2.05) is 13.8 Å². The average molecular weight is 635 g/mol. The van der Waals surface area contributed by atoms with E-state index in [1.54, 1.807) is 61.4 Å². The molecule has 1 aliphatic rings. The fourth-order valence-electron chi connectivity index (χ4n) is 4.82. The Hall–Kier alpha value is -3.39. The molecule has 12 nitrogen and oxygen atoms in total. The van der Waals surface area contributed by atoms with Gasteiger partial charge in [0.2, 0.25) is 10.0 Å². The molecule has 2 aromatic carbocycles. The predicted octanol–water partition coefficient (Wildman–Crippen LogP) is 4.03. The molecule has 2 aromatic rings. The van der Waals surface area contributed by atoms with Gasteiger partial charge in [0.15, 0.2) is 0 Å². The molecule has 0 bridgehead atoms. The van der Waals surface area contributed by atoms with Gasteiger partial charge in [0.25, 0.3) is 5.91 Å². The van der Waals surface area contributed by atoms with Gasteiger partial charge in [-0.2, -0.15) is 0 Å². The number of carbonyl (C=O) groups excluding carboxylic acids is 2. The number of nitrogens with zero attached hydrogens (tertiary/aromatic N) is 2. The second kappa shape index (κ2) is 16.1. The first-order chi connectivity index (χ1) is 20.8. The van der Waals surface area contributed by atoms with Crippen LogP contribution in [0.3, 0.4) is 0 Å². The highest BCUT2D eigenvalue weighted by atomic mass is 32.2. The van der Waals surface area contributed by atoms with E-state index in [0.717, 1.165) is 19.1 Å². The van der Waals surface area contributed by atoms with E-state index in [2.05, 4.69) is 10.6 Å². The number of benzene rings is 2. The van der Waals surface area contributed by atoms with Crippen LogP contribution in [0.15, 0.2) is 42.5 Å². The lowest BCUT2D eigenvalue weighted by Gasteiger charge is -2.35. The van der Waals surface area contributed by atoms with E-state index in [1.165, 1.54) is 11.4 Å².